The summed E-state index contributed by atoms with van der Waals surface area (Å²) < 4.78 is 38.6. The van der Waals surface area contributed by atoms with Gasteiger partial charge in [0.2, 0.25) is 0 Å². The summed E-state index contributed by atoms with van der Waals surface area (Å²) in [5.74, 6) is -0.256. The normalized spacial score (nSPS) is 15.1. The number of hydrogen-bond acceptors (Lipinski definition) is 4. The summed E-state index contributed by atoms with van der Waals surface area (Å²) in [4.78, 5) is 2.33. The zero-order valence-electron chi connectivity index (χ0n) is 16.3. The topological polar surface area (TPSA) is 33.7 Å². The molecular weight excluding hydrogens is 362 g/mol. The van der Waals surface area contributed by atoms with Crippen LogP contribution in [-0.2, 0) is 17.8 Å². The lowest BCUT2D eigenvalue weighted by Gasteiger charge is -2.31. The highest BCUT2D eigenvalue weighted by molar-refractivity contribution is 5.28. The first kappa shape index (κ1) is 20.7. The smallest absolute Gasteiger partial charge is 0.130 e. The van der Waals surface area contributed by atoms with E-state index in [2.05, 4.69) is 17.3 Å². The molecule has 0 saturated carbocycles. The van der Waals surface area contributed by atoms with Gasteiger partial charge in [-0.2, -0.15) is 0 Å². The Kier molecular flexibility index (Phi) is 7.77. The van der Waals surface area contributed by atoms with Crippen molar-refractivity contribution in [3.8, 4) is 5.75 Å². The van der Waals surface area contributed by atoms with Crippen molar-refractivity contribution in [2.75, 3.05) is 33.4 Å². The molecule has 1 N–H and O–H groups in total. The van der Waals surface area contributed by atoms with Crippen molar-refractivity contribution in [2.45, 2.75) is 32.0 Å². The predicted octanol–water partition coefficient (Wildman–Crippen LogP) is 3.74. The summed E-state index contributed by atoms with van der Waals surface area (Å²) in [5.41, 5.74) is 1.07. The van der Waals surface area contributed by atoms with Crippen LogP contribution in [0.5, 0.6) is 5.75 Å². The molecular formula is C22H28F2N2O2. The maximum absolute atomic E-state index is 13.7. The number of nitrogens with zero attached hydrogens (tertiary/aromatic N) is 1. The summed E-state index contributed by atoms with van der Waals surface area (Å²) >= 11 is 0. The lowest BCUT2D eigenvalue weighted by molar-refractivity contribution is 0.0392. The standard InChI is InChI=1S/C22H28F2N2O2/c1-26(18-8-11-27-12-9-18)10-13-28-19-5-2-4-17(14-19)15-25-16-20-21(23)6-3-7-22(20)24/h2-7,14,18,25H,8-13,15-16H2,1H3. The van der Waals surface area contributed by atoms with Gasteiger partial charge in [-0.05, 0) is 49.7 Å². The van der Waals surface area contributed by atoms with E-state index >= 15 is 0 Å². The zero-order valence-corrected chi connectivity index (χ0v) is 16.3. The Balaban J connectivity index is 1.43. The Morgan fingerprint density at radius 2 is 1.79 bits per heavy atom. The maximum Gasteiger partial charge on any atom is 0.130 e. The highest BCUT2D eigenvalue weighted by Gasteiger charge is 2.18. The molecule has 1 aliphatic heterocycles. The minimum atomic E-state index is -0.529. The molecule has 1 aliphatic rings. The Morgan fingerprint density at radius 3 is 2.54 bits per heavy atom. The van der Waals surface area contributed by atoms with Crippen molar-refractivity contribution in [1.82, 2.24) is 10.2 Å². The average molecular weight is 390 g/mol. The average Bonchev–Trinajstić information content (AvgIpc) is 2.71. The highest BCUT2D eigenvalue weighted by Crippen LogP contribution is 2.16. The van der Waals surface area contributed by atoms with Crippen LogP contribution in [0.1, 0.15) is 24.0 Å². The van der Waals surface area contributed by atoms with Gasteiger partial charge in [0.1, 0.15) is 24.0 Å². The summed E-state index contributed by atoms with van der Waals surface area (Å²) in [5, 5.41) is 3.09. The quantitative estimate of drug-likeness (QED) is 0.707. The van der Waals surface area contributed by atoms with Crippen LogP contribution in [-0.4, -0.2) is 44.4 Å². The fraction of sp³-hybridized carbons (Fsp3) is 0.455. The van der Waals surface area contributed by atoms with Crippen molar-refractivity contribution in [2.24, 2.45) is 0 Å². The van der Waals surface area contributed by atoms with Crippen LogP contribution in [0.4, 0.5) is 8.78 Å². The number of hydrogen-bond donors (Lipinski definition) is 1. The molecule has 6 heteroatoms. The molecule has 3 rings (SSSR count). The number of rotatable bonds is 9. The Morgan fingerprint density at radius 1 is 1.07 bits per heavy atom. The molecule has 28 heavy (non-hydrogen) atoms. The van der Waals surface area contributed by atoms with E-state index < -0.39 is 11.6 Å². The van der Waals surface area contributed by atoms with Gasteiger partial charge in [0.15, 0.2) is 0 Å². The molecule has 1 fully saturated rings. The third-order valence-corrected chi connectivity index (χ3v) is 5.12. The third kappa shape index (κ3) is 5.99. The van der Waals surface area contributed by atoms with Crippen molar-refractivity contribution in [1.29, 1.82) is 0 Å². The second-order valence-electron chi connectivity index (χ2n) is 7.12. The SMILES string of the molecule is CN(CCOc1cccc(CNCc2c(F)cccc2F)c1)C1CCOCC1. The van der Waals surface area contributed by atoms with Crippen LogP contribution in [0.3, 0.4) is 0 Å². The first-order chi connectivity index (χ1) is 13.6. The molecule has 0 spiro atoms. The van der Waals surface area contributed by atoms with Crippen molar-refractivity contribution in [3.05, 3.63) is 65.2 Å². The van der Waals surface area contributed by atoms with Crippen LogP contribution in [0.2, 0.25) is 0 Å². The Bertz CT molecular complexity index is 731. The van der Waals surface area contributed by atoms with Gasteiger partial charge < -0.3 is 14.8 Å². The lowest BCUT2D eigenvalue weighted by atomic mass is 10.1. The fourth-order valence-corrected chi connectivity index (χ4v) is 3.39. The van der Waals surface area contributed by atoms with E-state index in [9.17, 15) is 8.78 Å². The van der Waals surface area contributed by atoms with E-state index in [4.69, 9.17) is 9.47 Å². The van der Waals surface area contributed by atoms with Gasteiger partial charge in [0, 0.05) is 44.5 Å². The van der Waals surface area contributed by atoms with E-state index in [1.807, 2.05) is 24.3 Å². The Hall–Kier alpha value is -2.02. The largest absolute Gasteiger partial charge is 0.492 e. The van der Waals surface area contributed by atoms with Gasteiger partial charge in [-0.3, -0.25) is 4.90 Å². The molecule has 152 valence electrons. The van der Waals surface area contributed by atoms with Crippen LogP contribution in [0.25, 0.3) is 0 Å². The molecule has 0 radical (unpaired) electrons. The van der Waals surface area contributed by atoms with E-state index in [1.165, 1.54) is 18.2 Å². The molecule has 0 aromatic heterocycles. The first-order valence-corrected chi connectivity index (χ1v) is 9.77. The maximum atomic E-state index is 13.7. The van der Waals surface area contributed by atoms with E-state index in [0.717, 1.165) is 43.9 Å². The van der Waals surface area contributed by atoms with Crippen LogP contribution in [0.15, 0.2) is 42.5 Å². The summed E-state index contributed by atoms with van der Waals surface area (Å²) in [7, 11) is 2.13. The molecule has 4 nitrogen and oxygen atoms in total. The number of likely N-dealkylation sites (N-methyl/N-ethyl adjacent to an activating group) is 1. The molecule has 0 amide bonds. The first-order valence-electron chi connectivity index (χ1n) is 9.77. The molecule has 1 heterocycles. The summed E-state index contributed by atoms with van der Waals surface area (Å²) in [6, 6.07) is 12.2. The number of nitrogens with one attached hydrogen (secondary N) is 1. The van der Waals surface area contributed by atoms with Gasteiger partial charge in [-0.15, -0.1) is 0 Å². The lowest BCUT2D eigenvalue weighted by Crippen LogP contribution is -2.38. The summed E-state index contributed by atoms with van der Waals surface area (Å²) in [6.07, 6.45) is 2.14. The predicted molar refractivity (Wildman–Crippen MR) is 105 cm³/mol. The molecule has 1 saturated heterocycles. The second kappa shape index (κ2) is 10.5. The van der Waals surface area contributed by atoms with Crippen LogP contribution < -0.4 is 10.1 Å². The minimum absolute atomic E-state index is 0.0612. The van der Waals surface area contributed by atoms with E-state index in [-0.39, 0.29) is 12.1 Å². The van der Waals surface area contributed by atoms with Crippen LogP contribution >= 0.6 is 0 Å². The molecule has 0 unspecified atom stereocenters. The highest BCUT2D eigenvalue weighted by atomic mass is 19.1. The molecule has 0 atom stereocenters. The third-order valence-electron chi connectivity index (χ3n) is 5.12. The number of halogens is 2. The van der Waals surface area contributed by atoms with Gasteiger partial charge in [-0.25, -0.2) is 8.78 Å². The minimum Gasteiger partial charge on any atom is -0.492 e. The second-order valence-corrected chi connectivity index (χ2v) is 7.12. The van der Waals surface area contributed by atoms with E-state index in [1.54, 1.807) is 0 Å². The molecule has 2 aromatic rings. The van der Waals surface area contributed by atoms with Crippen molar-refractivity contribution in [3.63, 3.8) is 0 Å². The fourth-order valence-electron chi connectivity index (χ4n) is 3.39. The van der Waals surface area contributed by atoms with Gasteiger partial charge in [-0.1, -0.05) is 18.2 Å². The Labute approximate surface area is 165 Å². The number of ether oxygens (including phenoxy) is 2. The van der Waals surface area contributed by atoms with Crippen LogP contribution in [0, 0.1) is 11.6 Å². The summed E-state index contributed by atoms with van der Waals surface area (Å²) in [6.45, 7) is 3.79. The molecule has 2 aromatic carbocycles. The van der Waals surface area contributed by atoms with Crippen molar-refractivity contribution < 1.29 is 18.3 Å². The molecule has 0 bridgehead atoms. The van der Waals surface area contributed by atoms with Gasteiger partial charge >= 0.3 is 0 Å². The zero-order chi connectivity index (χ0) is 19.8. The number of benzene rings is 2. The van der Waals surface area contributed by atoms with E-state index in [0.29, 0.717) is 19.2 Å². The van der Waals surface area contributed by atoms with Crippen molar-refractivity contribution >= 4 is 0 Å². The van der Waals surface area contributed by atoms with Gasteiger partial charge in [0.25, 0.3) is 0 Å². The van der Waals surface area contributed by atoms with Gasteiger partial charge in [0.05, 0.1) is 0 Å². The molecule has 0 aliphatic carbocycles. The monoisotopic (exact) mass is 390 g/mol.